The maximum absolute atomic E-state index is 12.7. The summed E-state index contributed by atoms with van der Waals surface area (Å²) < 4.78 is 0. The molecule has 0 spiro atoms. The predicted molar refractivity (Wildman–Crippen MR) is 112 cm³/mol. The molecule has 0 aromatic carbocycles. The van der Waals surface area contributed by atoms with Crippen LogP contribution in [0.25, 0.3) is 0 Å². The number of amides is 2. The highest BCUT2D eigenvalue weighted by Crippen LogP contribution is 2.10. The van der Waals surface area contributed by atoms with Crippen LogP contribution in [0.15, 0.2) is 4.99 Å². The molecule has 0 aliphatic heterocycles. The van der Waals surface area contributed by atoms with Crippen LogP contribution in [0.3, 0.4) is 0 Å². The molecule has 0 aromatic heterocycles. The largest absolute Gasteiger partial charge is 0.480 e. The highest BCUT2D eigenvalue weighted by atomic mass is 16.4. The highest BCUT2D eigenvalue weighted by molar-refractivity contribution is 5.91. The summed E-state index contributed by atoms with van der Waals surface area (Å²) in [5.74, 6) is -2.46. The van der Waals surface area contributed by atoms with Gasteiger partial charge in [0, 0.05) is 6.54 Å². The van der Waals surface area contributed by atoms with Crippen molar-refractivity contribution < 1.29 is 19.5 Å². The third kappa shape index (κ3) is 11.3. The normalized spacial score (nSPS) is 14.9. The summed E-state index contributed by atoms with van der Waals surface area (Å²) in [7, 11) is 0. The van der Waals surface area contributed by atoms with Crippen molar-refractivity contribution in [2.75, 3.05) is 13.1 Å². The minimum absolute atomic E-state index is 0.0803. The molecular formula is C18H37N7O4. The molecule has 11 nitrogen and oxygen atoms in total. The van der Waals surface area contributed by atoms with Crippen LogP contribution in [0.2, 0.25) is 0 Å². The van der Waals surface area contributed by atoms with Gasteiger partial charge < -0.3 is 38.7 Å². The van der Waals surface area contributed by atoms with Gasteiger partial charge in [-0.2, -0.15) is 0 Å². The van der Waals surface area contributed by atoms with E-state index in [-0.39, 0.29) is 24.8 Å². The van der Waals surface area contributed by atoms with Gasteiger partial charge in [-0.1, -0.05) is 26.7 Å². The van der Waals surface area contributed by atoms with E-state index in [1.807, 2.05) is 6.92 Å². The molecule has 4 atom stereocenters. The van der Waals surface area contributed by atoms with E-state index in [4.69, 9.17) is 22.9 Å². The Kier molecular flexibility index (Phi) is 13.4. The lowest BCUT2D eigenvalue weighted by Crippen LogP contribution is -2.56. The fourth-order valence-corrected chi connectivity index (χ4v) is 2.62. The van der Waals surface area contributed by atoms with Gasteiger partial charge in [0.2, 0.25) is 11.8 Å². The van der Waals surface area contributed by atoms with Crippen LogP contribution in [0, 0.1) is 5.92 Å². The summed E-state index contributed by atoms with van der Waals surface area (Å²) >= 11 is 0. The average Bonchev–Trinajstić information content (AvgIpc) is 2.66. The number of aliphatic carboxylic acids is 1. The van der Waals surface area contributed by atoms with E-state index >= 15 is 0 Å². The molecule has 11 heteroatoms. The topological polar surface area (TPSA) is 212 Å². The molecule has 29 heavy (non-hydrogen) atoms. The summed E-state index contributed by atoms with van der Waals surface area (Å²) in [4.78, 5) is 40.3. The quantitative estimate of drug-likeness (QED) is 0.0956. The van der Waals surface area contributed by atoms with Gasteiger partial charge in [0.25, 0.3) is 0 Å². The SMILES string of the molecule is CCC(C)C(NC(=O)C(N)CCCCN)C(=O)NC(CCCN=C(N)N)C(=O)O. The number of nitrogens with two attached hydrogens (primary N) is 4. The Morgan fingerprint density at radius 2 is 1.69 bits per heavy atom. The Balaban J connectivity index is 4.96. The first-order chi connectivity index (χ1) is 13.6. The maximum atomic E-state index is 12.7. The Morgan fingerprint density at radius 3 is 2.21 bits per heavy atom. The van der Waals surface area contributed by atoms with Crippen molar-refractivity contribution in [3.8, 4) is 0 Å². The molecule has 4 unspecified atom stereocenters. The molecule has 0 aliphatic rings. The number of hydrogen-bond acceptors (Lipinski definition) is 6. The van der Waals surface area contributed by atoms with Crippen molar-refractivity contribution >= 4 is 23.7 Å². The van der Waals surface area contributed by atoms with Gasteiger partial charge in [-0.05, 0) is 38.1 Å². The first-order valence-electron chi connectivity index (χ1n) is 9.98. The maximum Gasteiger partial charge on any atom is 0.326 e. The zero-order chi connectivity index (χ0) is 22.4. The Labute approximate surface area is 172 Å². The van der Waals surface area contributed by atoms with Crippen LogP contribution in [0.1, 0.15) is 52.4 Å². The van der Waals surface area contributed by atoms with Crippen molar-refractivity contribution in [3.63, 3.8) is 0 Å². The first kappa shape index (κ1) is 26.6. The van der Waals surface area contributed by atoms with E-state index in [1.54, 1.807) is 6.92 Å². The van der Waals surface area contributed by atoms with Crippen LogP contribution in [0.4, 0.5) is 0 Å². The minimum atomic E-state index is -1.17. The fourth-order valence-electron chi connectivity index (χ4n) is 2.62. The van der Waals surface area contributed by atoms with Crippen molar-refractivity contribution in [1.29, 1.82) is 0 Å². The fraction of sp³-hybridized carbons (Fsp3) is 0.778. The predicted octanol–water partition coefficient (Wildman–Crippen LogP) is -1.40. The number of nitrogens with zero attached hydrogens (tertiary/aromatic N) is 1. The van der Waals surface area contributed by atoms with Gasteiger partial charge in [-0.3, -0.25) is 14.6 Å². The number of unbranched alkanes of at least 4 members (excludes halogenated alkanes) is 1. The van der Waals surface area contributed by atoms with E-state index in [0.717, 1.165) is 6.42 Å². The standard InChI is InChI=1S/C18H37N7O4/c1-3-11(2)14(25-15(26)12(20)7-4-5-9-19)16(27)24-13(17(28)29)8-6-10-23-18(21)22/h11-14H,3-10,19-20H2,1-2H3,(H,24,27)(H,25,26)(H,28,29)(H4,21,22,23). The number of guanidine groups is 1. The second kappa shape index (κ2) is 14.6. The van der Waals surface area contributed by atoms with Gasteiger partial charge in [-0.15, -0.1) is 0 Å². The number of rotatable bonds is 15. The molecule has 2 amide bonds. The minimum Gasteiger partial charge on any atom is -0.480 e. The van der Waals surface area contributed by atoms with Crippen LogP contribution in [-0.4, -0.2) is 60.1 Å². The van der Waals surface area contributed by atoms with Crippen LogP contribution in [0.5, 0.6) is 0 Å². The van der Waals surface area contributed by atoms with Crippen LogP contribution < -0.4 is 33.6 Å². The molecule has 0 radical (unpaired) electrons. The van der Waals surface area contributed by atoms with Crippen molar-refractivity contribution in [2.45, 2.75) is 70.5 Å². The average molecular weight is 416 g/mol. The van der Waals surface area contributed by atoms with E-state index in [0.29, 0.717) is 32.2 Å². The molecular weight excluding hydrogens is 378 g/mol. The molecule has 0 rings (SSSR count). The Morgan fingerprint density at radius 1 is 1.03 bits per heavy atom. The van der Waals surface area contributed by atoms with Crippen molar-refractivity contribution in [1.82, 2.24) is 10.6 Å². The van der Waals surface area contributed by atoms with Gasteiger partial charge in [0.1, 0.15) is 12.1 Å². The lowest BCUT2D eigenvalue weighted by atomic mass is 9.97. The molecule has 0 aromatic rings. The summed E-state index contributed by atoms with van der Waals surface area (Å²) in [6.07, 6.45) is 3.07. The third-order valence-corrected chi connectivity index (χ3v) is 4.66. The van der Waals surface area contributed by atoms with E-state index in [9.17, 15) is 19.5 Å². The van der Waals surface area contributed by atoms with E-state index in [1.165, 1.54) is 0 Å². The summed E-state index contributed by atoms with van der Waals surface area (Å²) in [5, 5.41) is 14.5. The van der Waals surface area contributed by atoms with Gasteiger partial charge in [0.15, 0.2) is 5.96 Å². The number of aliphatic imine (C=N–C) groups is 1. The number of carboxylic acid groups (broad SMARTS) is 1. The monoisotopic (exact) mass is 415 g/mol. The molecule has 0 aliphatic carbocycles. The molecule has 11 N–H and O–H groups in total. The highest BCUT2D eigenvalue weighted by Gasteiger charge is 2.30. The van der Waals surface area contributed by atoms with Crippen LogP contribution in [-0.2, 0) is 14.4 Å². The molecule has 0 fully saturated rings. The zero-order valence-electron chi connectivity index (χ0n) is 17.4. The molecule has 168 valence electrons. The number of carbonyl (C=O) groups excluding carboxylic acids is 2. The van der Waals surface area contributed by atoms with E-state index in [2.05, 4.69) is 15.6 Å². The summed E-state index contributed by atoms with van der Waals surface area (Å²) in [5.41, 5.74) is 21.8. The summed E-state index contributed by atoms with van der Waals surface area (Å²) in [6.45, 7) is 4.46. The van der Waals surface area contributed by atoms with Gasteiger partial charge in [-0.25, -0.2) is 4.79 Å². The lowest BCUT2D eigenvalue weighted by Gasteiger charge is -2.26. The number of carboxylic acids is 1. The molecule has 0 saturated carbocycles. The zero-order valence-corrected chi connectivity index (χ0v) is 17.4. The third-order valence-electron chi connectivity index (χ3n) is 4.66. The van der Waals surface area contributed by atoms with Gasteiger partial charge in [0.05, 0.1) is 6.04 Å². The van der Waals surface area contributed by atoms with Crippen LogP contribution >= 0.6 is 0 Å². The Bertz CT molecular complexity index is 552. The lowest BCUT2D eigenvalue weighted by molar-refractivity contribution is -0.142. The second-order valence-electron chi connectivity index (χ2n) is 7.11. The smallest absolute Gasteiger partial charge is 0.326 e. The number of carbonyl (C=O) groups is 3. The first-order valence-corrected chi connectivity index (χ1v) is 9.98. The second-order valence-corrected chi connectivity index (χ2v) is 7.11. The summed E-state index contributed by atoms with van der Waals surface area (Å²) in [6, 6.07) is -2.75. The molecule has 0 bridgehead atoms. The Hall–Kier alpha value is -2.40. The number of hydrogen-bond donors (Lipinski definition) is 7. The molecule has 0 saturated heterocycles. The van der Waals surface area contributed by atoms with Crippen molar-refractivity contribution in [3.05, 3.63) is 0 Å². The number of nitrogens with one attached hydrogen (secondary N) is 2. The molecule has 0 heterocycles. The van der Waals surface area contributed by atoms with E-state index < -0.39 is 35.9 Å². The van der Waals surface area contributed by atoms with Gasteiger partial charge >= 0.3 is 5.97 Å². The van der Waals surface area contributed by atoms with Crippen molar-refractivity contribution in [2.24, 2.45) is 33.8 Å².